The third kappa shape index (κ3) is 3.58. The Labute approximate surface area is 88.3 Å². The Balaban J connectivity index is 2.30. The lowest BCUT2D eigenvalue weighted by Gasteiger charge is -2.38. The largest absolute Gasteiger partial charge is 0.390 e. The number of nitrogens with zero attached hydrogens (tertiary/aromatic N) is 1. The molecule has 0 amide bonds. The summed E-state index contributed by atoms with van der Waals surface area (Å²) in [6.45, 7) is 9.92. The van der Waals surface area contributed by atoms with Crippen molar-refractivity contribution in [2.75, 3.05) is 19.6 Å². The van der Waals surface area contributed by atoms with Gasteiger partial charge < -0.3 is 10.0 Å². The first-order valence-electron chi connectivity index (χ1n) is 6.00. The molecule has 1 heterocycles. The lowest BCUT2D eigenvalue weighted by atomic mass is 9.85. The summed E-state index contributed by atoms with van der Waals surface area (Å²) in [5.41, 5.74) is -0.351. The van der Waals surface area contributed by atoms with E-state index in [1.165, 1.54) is 0 Å². The Morgan fingerprint density at radius 1 is 1.29 bits per heavy atom. The molecular formula is C12H25NO. The molecule has 84 valence electrons. The Morgan fingerprint density at radius 2 is 1.86 bits per heavy atom. The fourth-order valence-electron chi connectivity index (χ4n) is 2.09. The molecule has 0 spiro atoms. The van der Waals surface area contributed by atoms with Crippen molar-refractivity contribution in [3.05, 3.63) is 0 Å². The highest BCUT2D eigenvalue weighted by molar-refractivity contribution is 4.85. The fourth-order valence-corrected chi connectivity index (χ4v) is 2.09. The van der Waals surface area contributed by atoms with Crippen molar-refractivity contribution in [2.45, 2.75) is 52.1 Å². The predicted octanol–water partition coefficient (Wildman–Crippen LogP) is 2.27. The van der Waals surface area contributed by atoms with Gasteiger partial charge in [-0.2, -0.15) is 0 Å². The molecule has 0 saturated carbocycles. The molecule has 0 aromatic rings. The van der Waals surface area contributed by atoms with Crippen LogP contribution in [0.4, 0.5) is 0 Å². The van der Waals surface area contributed by atoms with E-state index < -0.39 is 0 Å². The minimum atomic E-state index is -0.351. The monoisotopic (exact) mass is 199 g/mol. The van der Waals surface area contributed by atoms with Gasteiger partial charge in [-0.25, -0.2) is 0 Å². The van der Waals surface area contributed by atoms with Crippen LogP contribution in [0, 0.1) is 5.92 Å². The molecule has 2 nitrogen and oxygen atoms in total. The van der Waals surface area contributed by atoms with E-state index in [-0.39, 0.29) is 5.60 Å². The van der Waals surface area contributed by atoms with Crippen LogP contribution < -0.4 is 0 Å². The molecule has 0 aliphatic carbocycles. The highest BCUT2D eigenvalue weighted by atomic mass is 16.3. The maximum absolute atomic E-state index is 10.3. The maximum Gasteiger partial charge on any atom is 0.0672 e. The predicted molar refractivity (Wildman–Crippen MR) is 60.4 cm³/mol. The normalized spacial score (nSPS) is 22.9. The van der Waals surface area contributed by atoms with E-state index in [4.69, 9.17) is 0 Å². The summed E-state index contributed by atoms with van der Waals surface area (Å²) in [6.07, 6.45) is 4.08. The summed E-state index contributed by atoms with van der Waals surface area (Å²) < 4.78 is 0. The summed E-state index contributed by atoms with van der Waals surface area (Å²) >= 11 is 0. The quantitative estimate of drug-likeness (QED) is 0.751. The minimum Gasteiger partial charge on any atom is -0.390 e. The van der Waals surface area contributed by atoms with Crippen LogP contribution in [0.25, 0.3) is 0 Å². The van der Waals surface area contributed by atoms with E-state index in [9.17, 15) is 5.11 Å². The lowest BCUT2D eigenvalue weighted by molar-refractivity contribution is -0.0298. The molecule has 1 aliphatic heterocycles. The molecule has 1 saturated heterocycles. The summed E-state index contributed by atoms with van der Waals surface area (Å²) in [5.74, 6) is 0.711. The highest BCUT2D eigenvalue weighted by Gasteiger charge is 2.31. The molecule has 1 fully saturated rings. The molecule has 2 heteroatoms. The number of piperidine rings is 1. The molecule has 0 unspecified atom stereocenters. The molecule has 0 aromatic carbocycles. The topological polar surface area (TPSA) is 23.5 Å². The molecule has 0 bridgehead atoms. The molecule has 1 aliphatic rings. The van der Waals surface area contributed by atoms with E-state index >= 15 is 0 Å². The number of likely N-dealkylation sites (tertiary alicyclic amines) is 1. The second-order valence-electron chi connectivity index (χ2n) is 5.09. The van der Waals surface area contributed by atoms with Gasteiger partial charge in [0.25, 0.3) is 0 Å². The van der Waals surface area contributed by atoms with Crippen LogP contribution in [0.5, 0.6) is 0 Å². The zero-order valence-corrected chi connectivity index (χ0v) is 9.92. The van der Waals surface area contributed by atoms with Gasteiger partial charge in [0.1, 0.15) is 0 Å². The summed E-state index contributed by atoms with van der Waals surface area (Å²) in [7, 11) is 0. The van der Waals surface area contributed by atoms with E-state index in [2.05, 4.69) is 25.7 Å². The summed E-state index contributed by atoms with van der Waals surface area (Å²) in [4.78, 5) is 2.42. The van der Waals surface area contributed by atoms with Gasteiger partial charge in [-0.3, -0.25) is 0 Å². The highest BCUT2D eigenvalue weighted by Crippen LogP contribution is 2.28. The van der Waals surface area contributed by atoms with Crippen molar-refractivity contribution in [1.82, 2.24) is 4.90 Å². The maximum atomic E-state index is 10.3. The van der Waals surface area contributed by atoms with Crippen LogP contribution in [-0.2, 0) is 0 Å². The van der Waals surface area contributed by atoms with E-state index in [0.29, 0.717) is 5.92 Å². The van der Waals surface area contributed by atoms with Crippen molar-refractivity contribution < 1.29 is 5.11 Å². The average molecular weight is 199 g/mol. The Kier molecular flexibility index (Phi) is 4.39. The van der Waals surface area contributed by atoms with E-state index in [0.717, 1.165) is 45.3 Å². The van der Waals surface area contributed by atoms with Gasteiger partial charge in [0, 0.05) is 13.1 Å². The number of hydrogen-bond donors (Lipinski definition) is 1. The van der Waals surface area contributed by atoms with Crippen molar-refractivity contribution in [3.8, 4) is 0 Å². The van der Waals surface area contributed by atoms with Gasteiger partial charge in [-0.05, 0) is 38.1 Å². The van der Waals surface area contributed by atoms with Crippen LogP contribution >= 0.6 is 0 Å². The van der Waals surface area contributed by atoms with Crippen LogP contribution in [-0.4, -0.2) is 35.2 Å². The van der Waals surface area contributed by atoms with Crippen LogP contribution in [0.2, 0.25) is 0 Å². The summed E-state index contributed by atoms with van der Waals surface area (Å²) in [6, 6.07) is 0. The zero-order valence-electron chi connectivity index (χ0n) is 9.92. The Bertz CT molecular complexity index is 160. The first kappa shape index (κ1) is 12.0. The smallest absolute Gasteiger partial charge is 0.0672 e. The number of rotatable bonds is 4. The van der Waals surface area contributed by atoms with Crippen molar-refractivity contribution in [3.63, 3.8) is 0 Å². The van der Waals surface area contributed by atoms with Gasteiger partial charge in [-0.15, -0.1) is 0 Å². The third-order valence-corrected chi connectivity index (χ3v) is 3.42. The van der Waals surface area contributed by atoms with Crippen LogP contribution in [0.3, 0.4) is 0 Å². The minimum absolute atomic E-state index is 0.351. The molecule has 1 N–H and O–H groups in total. The third-order valence-electron chi connectivity index (χ3n) is 3.42. The van der Waals surface area contributed by atoms with Crippen molar-refractivity contribution in [1.29, 1.82) is 0 Å². The molecule has 0 radical (unpaired) electrons. The lowest BCUT2D eigenvalue weighted by Crippen LogP contribution is -2.44. The van der Waals surface area contributed by atoms with Crippen LogP contribution in [0.1, 0.15) is 46.5 Å². The Morgan fingerprint density at radius 3 is 2.29 bits per heavy atom. The summed E-state index contributed by atoms with van der Waals surface area (Å²) in [5, 5.41) is 10.3. The molecule has 0 atom stereocenters. The van der Waals surface area contributed by atoms with Gasteiger partial charge >= 0.3 is 0 Å². The number of aliphatic hydroxyl groups is 1. The van der Waals surface area contributed by atoms with Crippen molar-refractivity contribution in [2.24, 2.45) is 5.92 Å². The van der Waals surface area contributed by atoms with E-state index in [1.807, 2.05) is 0 Å². The zero-order chi connectivity index (χ0) is 10.6. The van der Waals surface area contributed by atoms with Gasteiger partial charge in [0.15, 0.2) is 0 Å². The average Bonchev–Trinajstić information content (AvgIpc) is 2.16. The standard InChI is InChI=1S/C12H25NO/c1-4-13-9-7-12(14,8-10-13)6-5-11(2)3/h11,14H,4-10H2,1-3H3. The SMILES string of the molecule is CCN1CCC(O)(CCC(C)C)CC1. The second-order valence-corrected chi connectivity index (χ2v) is 5.09. The molecular weight excluding hydrogens is 174 g/mol. The van der Waals surface area contributed by atoms with Gasteiger partial charge in [0.2, 0.25) is 0 Å². The van der Waals surface area contributed by atoms with E-state index in [1.54, 1.807) is 0 Å². The number of hydrogen-bond acceptors (Lipinski definition) is 2. The fraction of sp³-hybridized carbons (Fsp3) is 1.00. The molecule has 14 heavy (non-hydrogen) atoms. The Hall–Kier alpha value is -0.0800. The van der Waals surface area contributed by atoms with Gasteiger partial charge in [0.05, 0.1) is 5.60 Å². The molecule has 0 aromatic heterocycles. The van der Waals surface area contributed by atoms with Gasteiger partial charge in [-0.1, -0.05) is 20.8 Å². The first-order chi connectivity index (χ1) is 6.56. The molecule has 1 rings (SSSR count). The first-order valence-corrected chi connectivity index (χ1v) is 6.00. The van der Waals surface area contributed by atoms with Crippen molar-refractivity contribution >= 4 is 0 Å². The second kappa shape index (κ2) is 5.13. The van der Waals surface area contributed by atoms with Crippen LogP contribution in [0.15, 0.2) is 0 Å².